The number of ketones is 1. The van der Waals surface area contributed by atoms with Crippen LogP contribution in [-0.4, -0.2) is 5.78 Å². The fourth-order valence-electron chi connectivity index (χ4n) is 1.83. The smallest absolute Gasteiger partial charge is 0.167 e. The molecule has 98 valence electrons. The van der Waals surface area contributed by atoms with E-state index >= 15 is 0 Å². The zero-order chi connectivity index (χ0) is 14.0. The van der Waals surface area contributed by atoms with Gasteiger partial charge < -0.3 is 0 Å². The first kappa shape index (κ1) is 14.2. The highest BCUT2D eigenvalue weighted by atomic mass is 79.9. The summed E-state index contributed by atoms with van der Waals surface area (Å²) in [5, 5.41) is 0.525. The Balaban J connectivity index is 2.28. The summed E-state index contributed by atoms with van der Waals surface area (Å²) in [6.07, 6.45) is 0.163. The van der Waals surface area contributed by atoms with E-state index < -0.39 is 5.82 Å². The minimum atomic E-state index is -0.407. The van der Waals surface area contributed by atoms with Crippen molar-refractivity contribution >= 4 is 33.3 Å². The molecule has 4 heteroatoms. The van der Waals surface area contributed by atoms with Crippen LogP contribution < -0.4 is 0 Å². The number of hydrogen-bond acceptors (Lipinski definition) is 1. The first-order valence-corrected chi connectivity index (χ1v) is 6.88. The van der Waals surface area contributed by atoms with Gasteiger partial charge in [0, 0.05) is 21.5 Å². The van der Waals surface area contributed by atoms with Gasteiger partial charge in [-0.15, -0.1) is 0 Å². The van der Waals surface area contributed by atoms with Gasteiger partial charge in [-0.3, -0.25) is 4.79 Å². The molecular formula is C15H11BrClFO. The van der Waals surface area contributed by atoms with Crippen molar-refractivity contribution in [1.29, 1.82) is 0 Å². The Labute approximate surface area is 124 Å². The lowest BCUT2D eigenvalue weighted by atomic mass is 9.99. The van der Waals surface area contributed by atoms with Gasteiger partial charge in [0.05, 0.1) is 0 Å². The van der Waals surface area contributed by atoms with Crippen molar-refractivity contribution in [2.45, 2.75) is 13.3 Å². The second-order valence-corrected chi connectivity index (χ2v) is 5.62. The summed E-state index contributed by atoms with van der Waals surface area (Å²) in [6.45, 7) is 1.79. The summed E-state index contributed by atoms with van der Waals surface area (Å²) in [5.41, 5.74) is 1.90. The third-order valence-electron chi connectivity index (χ3n) is 2.87. The second-order valence-electron chi connectivity index (χ2n) is 4.29. The molecule has 2 aromatic rings. The maximum absolute atomic E-state index is 13.2. The normalized spacial score (nSPS) is 10.5. The molecule has 19 heavy (non-hydrogen) atoms. The Kier molecular flexibility index (Phi) is 4.38. The predicted octanol–water partition coefficient (Wildman–Crippen LogP) is 4.98. The lowest BCUT2D eigenvalue weighted by molar-refractivity contribution is 0.0992. The summed E-state index contributed by atoms with van der Waals surface area (Å²) < 4.78 is 14.1. The summed E-state index contributed by atoms with van der Waals surface area (Å²) in [4.78, 5) is 12.2. The summed E-state index contributed by atoms with van der Waals surface area (Å²) >= 11 is 9.39. The molecule has 0 atom stereocenters. The first-order valence-electron chi connectivity index (χ1n) is 5.70. The van der Waals surface area contributed by atoms with E-state index in [9.17, 15) is 9.18 Å². The molecule has 0 spiro atoms. The van der Waals surface area contributed by atoms with Crippen molar-refractivity contribution in [1.82, 2.24) is 0 Å². The van der Waals surface area contributed by atoms with E-state index in [0.717, 1.165) is 15.6 Å². The fraction of sp³-hybridized carbons (Fsp3) is 0.133. The van der Waals surface area contributed by atoms with Gasteiger partial charge >= 0.3 is 0 Å². The number of rotatable bonds is 3. The average Bonchev–Trinajstić information content (AvgIpc) is 2.35. The SMILES string of the molecule is Cc1ccc(F)cc1C(=O)Cc1ccc(Br)cc1Cl. The molecule has 0 fully saturated rings. The van der Waals surface area contributed by atoms with Crippen LogP contribution in [0.1, 0.15) is 21.5 Å². The summed E-state index contributed by atoms with van der Waals surface area (Å²) in [7, 11) is 0. The van der Waals surface area contributed by atoms with Gasteiger partial charge in [0.1, 0.15) is 5.82 Å². The molecule has 0 aliphatic rings. The molecule has 0 aliphatic heterocycles. The highest BCUT2D eigenvalue weighted by molar-refractivity contribution is 9.10. The van der Waals surface area contributed by atoms with Crippen LogP contribution in [0.15, 0.2) is 40.9 Å². The minimum Gasteiger partial charge on any atom is -0.294 e. The van der Waals surface area contributed by atoms with Gasteiger partial charge in [0.25, 0.3) is 0 Å². The van der Waals surface area contributed by atoms with Crippen molar-refractivity contribution in [3.63, 3.8) is 0 Å². The number of halogens is 3. The van der Waals surface area contributed by atoms with E-state index in [2.05, 4.69) is 15.9 Å². The van der Waals surface area contributed by atoms with E-state index in [1.165, 1.54) is 12.1 Å². The van der Waals surface area contributed by atoms with Gasteiger partial charge in [0.2, 0.25) is 0 Å². The zero-order valence-electron chi connectivity index (χ0n) is 10.2. The van der Waals surface area contributed by atoms with Crippen LogP contribution in [0.5, 0.6) is 0 Å². The quantitative estimate of drug-likeness (QED) is 0.720. The number of hydrogen-bond donors (Lipinski definition) is 0. The molecule has 0 heterocycles. The lowest BCUT2D eigenvalue weighted by Gasteiger charge is -2.07. The van der Waals surface area contributed by atoms with Gasteiger partial charge in [-0.25, -0.2) is 4.39 Å². The largest absolute Gasteiger partial charge is 0.294 e. The van der Waals surface area contributed by atoms with Crippen LogP contribution in [0.2, 0.25) is 5.02 Å². The number of Topliss-reactive ketones (excluding diaryl/α,β-unsaturated/α-hetero) is 1. The summed E-state index contributed by atoms with van der Waals surface area (Å²) in [5.74, 6) is -0.544. The molecule has 0 amide bonds. The number of aryl methyl sites for hydroxylation is 1. The van der Waals surface area contributed by atoms with Crippen LogP contribution in [0.25, 0.3) is 0 Å². The monoisotopic (exact) mass is 340 g/mol. The molecular weight excluding hydrogens is 331 g/mol. The standard InChI is InChI=1S/C15H11BrClFO/c1-9-2-5-12(18)8-13(9)15(19)6-10-3-4-11(16)7-14(10)17/h2-5,7-8H,6H2,1H3. The minimum absolute atomic E-state index is 0.138. The molecule has 2 aromatic carbocycles. The van der Waals surface area contributed by atoms with E-state index in [1.54, 1.807) is 25.1 Å². The highest BCUT2D eigenvalue weighted by Gasteiger charge is 2.13. The molecule has 1 nitrogen and oxygen atoms in total. The van der Waals surface area contributed by atoms with Crippen molar-refractivity contribution in [3.8, 4) is 0 Å². The van der Waals surface area contributed by atoms with E-state index in [-0.39, 0.29) is 12.2 Å². The van der Waals surface area contributed by atoms with E-state index in [0.29, 0.717) is 10.6 Å². The third-order valence-corrected chi connectivity index (χ3v) is 3.71. The molecule has 0 bridgehead atoms. The maximum Gasteiger partial charge on any atom is 0.167 e. The van der Waals surface area contributed by atoms with Gasteiger partial charge in [-0.1, -0.05) is 39.7 Å². The summed E-state index contributed by atoms with van der Waals surface area (Å²) in [6, 6.07) is 9.57. The van der Waals surface area contributed by atoms with E-state index in [1.807, 2.05) is 6.07 Å². The maximum atomic E-state index is 13.2. The zero-order valence-corrected chi connectivity index (χ0v) is 12.6. The second kappa shape index (κ2) is 5.85. The van der Waals surface area contributed by atoms with Crippen molar-refractivity contribution in [3.05, 3.63) is 68.4 Å². The molecule has 0 N–H and O–H groups in total. The molecule has 0 aliphatic carbocycles. The third kappa shape index (κ3) is 3.43. The topological polar surface area (TPSA) is 17.1 Å². The molecule has 0 radical (unpaired) electrons. The fourth-order valence-corrected chi connectivity index (χ4v) is 2.57. The van der Waals surface area contributed by atoms with Crippen molar-refractivity contribution < 1.29 is 9.18 Å². The molecule has 0 saturated carbocycles. The lowest BCUT2D eigenvalue weighted by Crippen LogP contribution is -2.06. The van der Waals surface area contributed by atoms with Crippen LogP contribution in [0, 0.1) is 12.7 Å². The Morgan fingerprint density at radius 2 is 2.00 bits per heavy atom. The first-order chi connectivity index (χ1) is 8.97. The predicted molar refractivity (Wildman–Crippen MR) is 78.3 cm³/mol. The van der Waals surface area contributed by atoms with Crippen molar-refractivity contribution in [2.24, 2.45) is 0 Å². The van der Waals surface area contributed by atoms with Crippen molar-refractivity contribution in [2.75, 3.05) is 0 Å². The van der Waals surface area contributed by atoms with E-state index in [4.69, 9.17) is 11.6 Å². The van der Waals surface area contributed by atoms with Gasteiger partial charge in [-0.05, 0) is 42.3 Å². The van der Waals surface area contributed by atoms with Gasteiger partial charge in [0.15, 0.2) is 5.78 Å². The van der Waals surface area contributed by atoms with Crippen LogP contribution in [0.3, 0.4) is 0 Å². The Bertz CT molecular complexity index is 640. The van der Waals surface area contributed by atoms with Crippen LogP contribution >= 0.6 is 27.5 Å². The number of benzene rings is 2. The van der Waals surface area contributed by atoms with Crippen LogP contribution in [-0.2, 0) is 6.42 Å². The molecule has 0 unspecified atom stereocenters. The van der Waals surface area contributed by atoms with Crippen LogP contribution in [0.4, 0.5) is 4.39 Å². The molecule has 0 aromatic heterocycles. The Hall–Kier alpha value is -1.19. The molecule has 0 saturated heterocycles. The Morgan fingerprint density at radius 1 is 1.26 bits per heavy atom. The number of carbonyl (C=O) groups is 1. The highest BCUT2D eigenvalue weighted by Crippen LogP contribution is 2.23. The number of carbonyl (C=O) groups excluding carboxylic acids is 1. The molecule has 2 rings (SSSR count). The average molecular weight is 342 g/mol. The Morgan fingerprint density at radius 3 is 2.68 bits per heavy atom. The van der Waals surface area contributed by atoms with Gasteiger partial charge in [-0.2, -0.15) is 0 Å².